The summed E-state index contributed by atoms with van der Waals surface area (Å²) in [6, 6.07) is 0. The Balaban J connectivity index is 2.43. The highest BCUT2D eigenvalue weighted by Gasteiger charge is 2.20. The van der Waals surface area contributed by atoms with Gasteiger partial charge in [0.05, 0.1) is 10.6 Å². The zero-order valence-corrected chi connectivity index (χ0v) is 13.0. The molecule has 0 aliphatic rings. The van der Waals surface area contributed by atoms with E-state index in [1.165, 1.54) is 9.88 Å². The van der Waals surface area contributed by atoms with Crippen molar-refractivity contribution >= 4 is 11.3 Å². The number of aromatic nitrogens is 1. The molecule has 0 saturated heterocycles. The third-order valence-corrected chi connectivity index (χ3v) is 4.21. The molecule has 3 nitrogen and oxygen atoms in total. The molecule has 0 radical (unpaired) electrons. The lowest BCUT2D eigenvalue weighted by molar-refractivity contribution is 0.0498. The van der Waals surface area contributed by atoms with Crippen LogP contribution < -0.4 is 5.32 Å². The smallest absolute Gasteiger partial charge is 0.0981 e. The molecule has 1 rings (SSSR count). The molecule has 1 atom stereocenters. The standard InChI is InChI=1S/C14H26N2OS/c1-6-7-14(5,17)10-15-8-11-9-16-12(18-11)13(2,3)4/h9,15,17H,6-8,10H2,1-5H3. The van der Waals surface area contributed by atoms with E-state index in [-0.39, 0.29) is 5.41 Å². The second-order valence-electron chi connectivity index (χ2n) is 6.23. The number of nitrogens with one attached hydrogen (secondary N) is 1. The third kappa shape index (κ3) is 5.04. The summed E-state index contributed by atoms with van der Waals surface area (Å²) in [7, 11) is 0. The highest BCUT2D eigenvalue weighted by Crippen LogP contribution is 2.26. The molecule has 0 bridgehead atoms. The van der Waals surface area contributed by atoms with Gasteiger partial charge in [0.15, 0.2) is 0 Å². The molecule has 0 saturated carbocycles. The van der Waals surface area contributed by atoms with Crippen LogP contribution >= 0.6 is 11.3 Å². The Morgan fingerprint density at radius 2 is 2.00 bits per heavy atom. The van der Waals surface area contributed by atoms with Crippen LogP contribution in [0.1, 0.15) is 57.3 Å². The maximum absolute atomic E-state index is 10.1. The molecule has 0 spiro atoms. The summed E-state index contributed by atoms with van der Waals surface area (Å²) in [6.07, 6.45) is 3.77. The van der Waals surface area contributed by atoms with Crippen molar-refractivity contribution < 1.29 is 5.11 Å². The van der Waals surface area contributed by atoms with Crippen molar-refractivity contribution in [1.29, 1.82) is 0 Å². The molecule has 1 aromatic heterocycles. The van der Waals surface area contributed by atoms with Crippen LogP contribution in [-0.4, -0.2) is 22.2 Å². The molecule has 0 fully saturated rings. The molecule has 0 aromatic carbocycles. The van der Waals surface area contributed by atoms with Crippen LogP contribution in [0.25, 0.3) is 0 Å². The minimum atomic E-state index is -0.605. The van der Waals surface area contributed by atoms with Gasteiger partial charge in [-0.15, -0.1) is 11.3 Å². The van der Waals surface area contributed by atoms with E-state index in [0.717, 1.165) is 19.4 Å². The molecule has 2 N–H and O–H groups in total. The highest BCUT2D eigenvalue weighted by atomic mass is 32.1. The first-order chi connectivity index (χ1) is 8.24. The van der Waals surface area contributed by atoms with E-state index in [2.05, 4.69) is 38.0 Å². The number of hydrogen-bond donors (Lipinski definition) is 2. The summed E-state index contributed by atoms with van der Waals surface area (Å²) >= 11 is 1.75. The number of thiazole rings is 1. The van der Waals surface area contributed by atoms with Gasteiger partial charge in [-0.25, -0.2) is 4.98 Å². The fraction of sp³-hybridized carbons (Fsp3) is 0.786. The minimum absolute atomic E-state index is 0.122. The van der Waals surface area contributed by atoms with Gasteiger partial charge >= 0.3 is 0 Å². The van der Waals surface area contributed by atoms with Crippen molar-refractivity contribution in [3.8, 4) is 0 Å². The Morgan fingerprint density at radius 3 is 2.50 bits per heavy atom. The molecule has 104 valence electrons. The van der Waals surface area contributed by atoms with Crippen molar-refractivity contribution in [3.63, 3.8) is 0 Å². The van der Waals surface area contributed by atoms with Gasteiger partial charge in [-0.2, -0.15) is 0 Å². The molecule has 0 aliphatic heterocycles. The van der Waals surface area contributed by atoms with Gasteiger partial charge in [-0.3, -0.25) is 0 Å². The van der Waals surface area contributed by atoms with Gasteiger partial charge in [-0.05, 0) is 13.3 Å². The summed E-state index contributed by atoms with van der Waals surface area (Å²) in [5, 5.41) is 14.5. The Kier molecular flexibility index (Phi) is 5.32. The Labute approximate surface area is 115 Å². The van der Waals surface area contributed by atoms with E-state index in [4.69, 9.17) is 0 Å². The van der Waals surface area contributed by atoms with Crippen molar-refractivity contribution in [3.05, 3.63) is 16.1 Å². The van der Waals surface area contributed by atoms with E-state index < -0.39 is 5.60 Å². The Morgan fingerprint density at radius 1 is 1.33 bits per heavy atom. The second kappa shape index (κ2) is 6.13. The first-order valence-corrected chi connectivity index (χ1v) is 7.44. The van der Waals surface area contributed by atoms with Gasteiger partial charge in [0.1, 0.15) is 0 Å². The number of nitrogens with zero attached hydrogens (tertiary/aromatic N) is 1. The van der Waals surface area contributed by atoms with Crippen LogP contribution in [0, 0.1) is 0 Å². The molecule has 1 aromatic rings. The topological polar surface area (TPSA) is 45.1 Å². The summed E-state index contributed by atoms with van der Waals surface area (Å²) in [6.45, 7) is 11.9. The average molecular weight is 270 g/mol. The lowest BCUT2D eigenvalue weighted by Crippen LogP contribution is -2.37. The molecular weight excluding hydrogens is 244 g/mol. The van der Waals surface area contributed by atoms with Crippen molar-refractivity contribution in [2.24, 2.45) is 0 Å². The van der Waals surface area contributed by atoms with Crippen LogP contribution in [0.5, 0.6) is 0 Å². The Bertz CT molecular complexity index is 366. The number of hydrogen-bond acceptors (Lipinski definition) is 4. The van der Waals surface area contributed by atoms with Crippen molar-refractivity contribution in [2.75, 3.05) is 6.54 Å². The van der Waals surface area contributed by atoms with Crippen LogP contribution in [0.15, 0.2) is 6.20 Å². The van der Waals surface area contributed by atoms with Crippen LogP contribution in [0.2, 0.25) is 0 Å². The monoisotopic (exact) mass is 270 g/mol. The molecule has 1 unspecified atom stereocenters. The lowest BCUT2D eigenvalue weighted by atomic mass is 9.98. The van der Waals surface area contributed by atoms with E-state index in [1.54, 1.807) is 11.3 Å². The summed E-state index contributed by atoms with van der Waals surface area (Å²) < 4.78 is 0. The van der Waals surface area contributed by atoms with Gasteiger partial charge in [0.25, 0.3) is 0 Å². The van der Waals surface area contributed by atoms with Crippen LogP contribution in [0.3, 0.4) is 0 Å². The maximum Gasteiger partial charge on any atom is 0.0981 e. The van der Waals surface area contributed by atoms with Crippen LogP contribution in [-0.2, 0) is 12.0 Å². The summed E-state index contributed by atoms with van der Waals surface area (Å²) in [5.41, 5.74) is -0.483. The first-order valence-electron chi connectivity index (χ1n) is 6.63. The Hall–Kier alpha value is -0.450. The minimum Gasteiger partial charge on any atom is -0.389 e. The molecule has 4 heteroatoms. The van der Waals surface area contributed by atoms with E-state index >= 15 is 0 Å². The number of aliphatic hydroxyl groups is 1. The van der Waals surface area contributed by atoms with Gasteiger partial charge < -0.3 is 10.4 Å². The van der Waals surface area contributed by atoms with Crippen molar-refractivity contribution in [1.82, 2.24) is 10.3 Å². The predicted molar refractivity (Wildman–Crippen MR) is 78.1 cm³/mol. The quantitative estimate of drug-likeness (QED) is 0.835. The third-order valence-electron chi connectivity index (χ3n) is 2.79. The van der Waals surface area contributed by atoms with E-state index in [1.807, 2.05) is 13.1 Å². The summed E-state index contributed by atoms with van der Waals surface area (Å²) in [4.78, 5) is 5.68. The molecular formula is C14H26N2OS. The highest BCUT2D eigenvalue weighted by molar-refractivity contribution is 7.11. The van der Waals surface area contributed by atoms with Gasteiger partial charge in [0, 0.05) is 29.6 Å². The largest absolute Gasteiger partial charge is 0.389 e. The lowest BCUT2D eigenvalue weighted by Gasteiger charge is -2.22. The second-order valence-corrected chi connectivity index (χ2v) is 7.35. The van der Waals surface area contributed by atoms with Gasteiger partial charge in [-0.1, -0.05) is 34.1 Å². The molecule has 0 aliphatic carbocycles. The van der Waals surface area contributed by atoms with Gasteiger partial charge in [0.2, 0.25) is 0 Å². The van der Waals surface area contributed by atoms with Crippen LogP contribution in [0.4, 0.5) is 0 Å². The average Bonchev–Trinajstić information content (AvgIpc) is 2.65. The SMILES string of the molecule is CCCC(C)(O)CNCc1cnc(C(C)(C)C)s1. The van der Waals surface area contributed by atoms with E-state index in [0.29, 0.717) is 6.54 Å². The number of rotatable bonds is 6. The fourth-order valence-corrected chi connectivity index (χ4v) is 2.76. The normalized spacial score (nSPS) is 15.7. The zero-order chi connectivity index (χ0) is 13.8. The molecule has 1 heterocycles. The maximum atomic E-state index is 10.1. The van der Waals surface area contributed by atoms with Crippen molar-refractivity contribution in [2.45, 2.75) is 65.0 Å². The summed E-state index contributed by atoms with van der Waals surface area (Å²) in [5.74, 6) is 0. The predicted octanol–water partition coefficient (Wildman–Crippen LogP) is 3.08. The fourth-order valence-electron chi connectivity index (χ4n) is 1.82. The van der Waals surface area contributed by atoms with E-state index in [9.17, 15) is 5.11 Å². The zero-order valence-electron chi connectivity index (χ0n) is 12.2. The molecule has 0 amide bonds. The molecule has 18 heavy (non-hydrogen) atoms. The first kappa shape index (κ1) is 15.6.